The molecule has 0 radical (unpaired) electrons. The summed E-state index contributed by atoms with van der Waals surface area (Å²) in [6, 6.07) is 0. The van der Waals surface area contributed by atoms with E-state index in [-0.39, 0.29) is 49.8 Å². The van der Waals surface area contributed by atoms with Crippen molar-refractivity contribution >= 4 is 11.9 Å². The Labute approximate surface area is 153 Å². The number of carbonyl (C=O) groups is 2. The number of carbonyl (C=O) groups excluding carboxylic acids is 2. The lowest BCUT2D eigenvalue weighted by atomic mass is 9.95. The average molecular weight is 380 g/mol. The van der Waals surface area contributed by atoms with Crippen molar-refractivity contribution in [3.05, 3.63) is 0 Å². The van der Waals surface area contributed by atoms with Gasteiger partial charge in [-0.15, -0.1) is 0 Å². The molecule has 0 bridgehead atoms. The van der Waals surface area contributed by atoms with Crippen LogP contribution in [0.5, 0.6) is 0 Å². The maximum absolute atomic E-state index is 13.1. The van der Waals surface area contributed by atoms with E-state index in [2.05, 4.69) is 0 Å². The van der Waals surface area contributed by atoms with Gasteiger partial charge in [-0.2, -0.15) is 0 Å². The van der Waals surface area contributed by atoms with Gasteiger partial charge in [0, 0.05) is 25.0 Å². The van der Waals surface area contributed by atoms with Crippen LogP contribution in [0.3, 0.4) is 0 Å². The molecule has 0 amide bonds. The molecule has 0 N–H and O–H groups in total. The number of hydrogen-bond acceptors (Lipinski definition) is 6. The van der Waals surface area contributed by atoms with Gasteiger partial charge in [-0.3, -0.25) is 9.59 Å². The van der Waals surface area contributed by atoms with Gasteiger partial charge in [-0.05, 0) is 26.7 Å². The van der Waals surface area contributed by atoms with E-state index in [0.29, 0.717) is 39.3 Å². The number of ether oxygens (including phenoxy) is 4. The standard InChI is InChI=1S/2C9H15FO3/c2*1-2-13-9(11)5-7-3-4-12-6-8(7)10/h2*7-8H,2-6H2,1H3/t7-,8+;7-,8-/m11/s1. The third kappa shape index (κ3) is 8.89. The number of hydrogen-bond donors (Lipinski definition) is 0. The Morgan fingerprint density at radius 2 is 1.23 bits per heavy atom. The highest BCUT2D eigenvalue weighted by molar-refractivity contribution is 5.70. The third-order valence-corrected chi connectivity index (χ3v) is 4.31. The van der Waals surface area contributed by atoms with Crippen LogP contribution in [0.2, 0.25) is 0 Å². The summed E-state index contributed by atoms with van der Waals surface area (Å²) in [6.07, 6.45) is -0.451. The topological polar surface area (TPSA) is 71.1 Å². The Bertz CT molecular complexity index is 382. The number of esters is 2. The lowest BCUT2D eigenvalue weighted by Crippen LogP contribution is -2.31. The molecule has 4 atom stereocenters. The Morgan fingerprint density at radius 3 is 1.54 bits per heavy atom. The van der Waals surface area contributed by atoms with Gasteiger partial charge >= 0.3 is 11.9 Å². The van der Waals surface area contributed by atoms with E-state index < -0.39 is 12.3 Å². The van der Waals surface area contributed by atoms with Gasteiger partial charge in [-0.25, -0.2) is 8.78 Å². The summed E-state index contributed by atoms with van der Waals surface area (Å²) in [7, 11) is 0. The van der Waals surface area contributed by atoms with Gasteiger partial charge in [0.1, 0.15) is 12.3 Å². The van der Waals surface area contributed by atoms with Crippen LogP contribution in [-0.4, -0.2) is 63.9 Å². The maximum Gasteiger partial charge on any atom is 0.306 e. The average Bonchev–Trinajstić information content (AvgIpc) is 2.60. The fraction of sp³-hybridized carbons (Fsp3) is 0.889. The Balaban J connectivity index is 0.000000260. The normalized spacial score (nSPS) is 28.5. The molecule has 2 saturated heterocycles. The molecule has 2 rings (SSSR count). The molecule has 2 fully saturated rings. The molecular formula is C18H30F2O6. The summed E-state index contributed by atoms with van der Waals surface area (Å²) < 4.78 is 45.6. The third-order valence-electron chi connectivity index (χ3n) is 4.31. The number of halogens is 2. The first-order chi connectivity index (χ1) is 12.5. The van der Waals surface area contributed by atoms with Crippen molar-refractivity contribution in [1.29, 1.82) is 0 Å². The Morgan fingerprint density at radius 1 is 0.846 bits per heavy atom. The molecule has 0 spiro atoms. The molecule has 2 heterocycles. The lowest BCUT2D eigenvalue weighted by molar-refractivity contribution is -0.147. The zero-order valence-corrected chi connectivity index (χ0v) is 15.6. The predicted molar refractivity (Wildman–Crippen MR) is 90.1 cm³/mol. The van der Waals surface area contributed by atoms with E-state index in [9.17, 15) is 18.4 Å². The van der Waals surface area contributed by atoms with Crippen LogP contribution in [-0.2, 0) is 28.5 Å². The minimum absolute atomic E-state index is 0.115. The molecule has 0 saturated carbocycles. The second kappa shape index (κ2) is 13.0. The number of alkyl halides is 2. The summed E-state index contributed by atoms with van der Waals surface area (Å²) in [5.41, 5.74) is 0. The fourth-order valence-corrected chi connectivity index (χ4v) is 2.82. The summed E-state index contributed by atoms with van der Waals surface area (Å²) >= 11 is 0. The Kier molecular flexibility index (Phi) is 11.4. The summed E-state index contributed by atoms with van der Waals surface area (Å²) in [4.78, 5) is 22.1. The van der Waals surface area contributed by atoms with Crippen molar-refractivity contribution in [2.45, 2.75) is 51.9 Å². The van der Waals surface area contributed by atoms with Gasteiger partial charge < -0.3 is 18.9 Å². The molecule has 2 aliphatic rings. The zero-order chi connectivity index (χ0) is 19.4. The zero-order valence-electron chi connectivity index (χ0n) is 15.6. The van der Waals surface area contributed by atoms with E-state index in [0.717, 1.165) is 0 Å². The van der Waals surface area contributed by atoms with E-state index in [1.165, 1.54) is 0 Å². The van der Waals surface area contributed by atoms with Gasteiger partial charge in [-0.1, -0.05) is 0 Å². The predicted octanol–water partition coefficient (Wildman–Crippen LogP) is 2.63. The summed E-state index contributed by atoms with van der Waals surface area (Å²) in [5.74, 6) is -1.05. The Hall–Kier alpha value is -1.28. The van der Waals surface area contributed by atoms with Crippen LogP contribution in [0.4, 0.5) is 8.78 Å². The van der Waals surface area contributed by atoms with Crippen molar-refractivity contribution < 1.29 is 37.3 Å². The fourth-order valence-electron chi connectivity index (χ4n) is 2.82. The molecule has 0 aromatic rings. The monoisotopic (exact) mass is 380 g/mol. The smallest absolute Gasteiger partial charge is 0.306 e. The van der Waals surface area contributed by atoms with Crippen LogP contribution >= 0.6 is 0 Å². The second-order valence-electron chi connectivity index (χ2n) is 6.30. The van der Waals surface area contributed by atoms with E-state index in [1.807, 2.05) is 0 Å². The van der Waals surface area contributed by atoms with E-state index >= 15 is 0 Å². The molecule has 0 aromatic heterocycles. The minimum Gasteiger partial charge on any atom is -0.466 e. The second-order valence-corrected chi connectivity index (χ2v) is 6.30. The molecule has 2 aliphatic heterocycles. The first kappa shape index (κ1) is 22.8. The van der Waals surface area contributed by atoms with Gasteiger partial charge in [0.25, 0.3) is 0 Å². The van der Waals surface area contributed by atoms with Crippen LogP contribution < -0.4 is 0 Å². The van der Waals surface area contributed by atoms with Crippen LogP contribution in [0.25, 0.3) is 0 Å². The van der Waals surface area contributed by atoms with Crippen molar-refractivity contribution in [1.82, 2.24) is 0 Å². The molecule has 0 aromatic carbocycles. The minimum atomic E-state index is -1.02. The molecule has 26 heavy (non-hydrogen) atoms. The molecular weight excluding hydrogens is 350 g/mol. The summed E-state index contributed by atoms with van der Waals surface area (Å²) in [5, 5.41) is 0. The summed E-state index contributed by atoms with van der Waals surface area (Å²) in [6.45, 7) is 5.53. The van der Waals surface area contributed by atoms with Gasteiger partial charge in [0.15, 0.2) is 0 Å². The van der Waals surface area contributed by atoms with Gasteiger partial charge in [0.05, 0.1) is 39.3 Å². The van der Waals surface area contributed by atoms with Gasteiger partial charge in [0.2, 0.25) is 0 Å². The highest BCUT2D eigenvalue weighted by atomic mass is 19.1. The highest BCUT2D eigenvalue weighted by Gasteiger charge is 2.28. The molecule has 8 heteroatoms. The highest BCUT2D eigenvalue weighted by Crippen LogP contribution is 2.23. The van der Waals surface area contributed by atoms with Crippen molar-refractivity contribution in [2.75, 3.05) is 39.6 Å². The quantitative estimate of drug-likeness (QED) is 0.660. The van der Waals surface area contributed by atoms with Crippen molar-refractivity contribution in [2.24, 2.45) is 11.8 Å². The molecule has 0 unspecified atom stereocenters. The molecule has 6 nitrogen and oxygen atoms in total. The largest absolute Gasteiger partial charge is 0.466 e. The lowest BCUT2D eigenvalue weighted by Gasteiger charge is -2.24. The van der Waals surface area contributed by atoms with E-state index in [4.69, 9.17) is 18.9 Å². The molecule has 0 aliphatic carbocycles. The van der Waals surface area contributed by atoms with E-state index in [1.54, 1.807) is 13.8 Å². The maximum atomic E-state index is 13.1. The SMILES string of the molecule is CCOC(=O)C[C@H]1CCOC[C@@H]1F.CCOC(=O)C[C@H]1CCOC[C@H]1F. The van der Waals surface area contributed by atoms with Crippen LogP contribution in [0.1, 0.15) is 39.5 Å². The first-order valence-corrected chi connectivity index (χ1v) is 9.22. The first-order valence-electron chi connectivity index (χ1n) is 9.22. The number of rotatable bonds is 6. The molecule has 152 valence electrons. The van der Waals surface area contributed by atoms with Crippen LogP contribution in [0, 0.1) is 11.8 Å². The van der Waals surface area contributed by atoms with Crippen LogP contribution in [0.15, 0.2) is 0 Å². The van der Waals surface area contributed by atoms with Crippen molar-refractivity contribution in [3.8, 4) is 0 Å². The van der Waals surface area contributed by atoms with Crippen molar-refractivity contribution in [3.63, 3.8) is 0 Å².